The van der Waals surface area contributed by atoms with Crippen LogP contribution in [0, 0.1) is 10.5 Å². The number of nitrogens with zero attached hydrogens (tertiary/aromatic N) is 1. The van der Waals surface area contributed by atoms with Crippen LogP contribution < -0.4 is 5.32 Å². The monoisotopic (exact) mass is 338 g/mol. The lowest BCUT2D eigenvalue weighted by Gasteiger charge is -2.05. The van der Waals surface area contributed by atoms with Gasteiger partial charge in [0.25, 0.3) is 5.91 Å². The van der Waals surface area contributed by atoms with Gasteiger partial charge in [-0.2, -0.15) is 0 Å². The van der Waals surface area contributed by atoms with Gasteiger partial charge in [-0.15, -0.1) is 0 Å². The normalized spacial score (nSPS) is 10.0. The molecule has 0 spiro atoms. The van der Waals surface area contributed by atoms with Crippen LogP contribution in [0.15, 0.2) is 42.6 Å². The highest BCUT2D eigenvalue weighted by atomic mass is 127. The second-order valence-corrected chi connectivity index (χ2v) is 4.89. The molecular formula is C13H11IN2O. The Hall–Kier alpha value is -1.43. The van der Waals surface area contributed by atoms with Crippen molar-refractivity contribution >= 4 is 34.2 Å². The molecule has 86 valence electrons. The summed E-state index contributed by atoms with van der Waals surface area (Å²) in [5.74, 6) is -0.114. The maximum Gasteiger partial charge on any atom is 0.255 e. The molecule has 0 radical (unpaired) electrons. The number of carbonyl (C=O) groups excluding carboxylic acids is 1. The fourth-order valence-corrected chi connectivity index (χ4v) is 1.78. The van der Waals surface area contributed by atoms with Gasteiger partial charge in [-0.05, 0) is 65.9 Å². The number of halogens is 1. The number of pyridine rings is 1. The van der Waals surface area contributed by atoms with Gasteiger partial charge in [-0.1, -0.05) is 0 Å². The van der Waals surface area contributed by atoms with Crippen molar-refractivity contribution in [2.75, 3.05) is 5.32 Å². The Labute approximate surface area is 113 Å². The van der Waals surface area contributed by atoms with E-state index < -0.39 is 0 Å². The van der Waals surface area contributed by atoms with Crippen LogP contribution in [0.2, 0.25) is 0 Å². The molecule has 1 N–H and O–H groups in total. The number of amides is 1. The summed E-state index contributed by atoms with van der Waals surface area (Å²) in [5, 5.41) is 2.84. The molecule has 0 saturated carbocycles. The van der Waals surface area contributed by atoms with Gasteiger partial charge in [0.15, 0.2) is 0 Å². The average Bonchev–Trinajstić information content (AvgIpc) is 2.32. The Morgan fingerprint density at radius 2 is 1.94 bits per heavy atom. The quantitative estimate of drug-likeness (QED) is 0.854. The average molecular weight is 338 g/mol. The zero-order valence-corrected chi connectivity index (χ0v) is 11.4. The number of carbonyl (C=O) groups is 1. The van der Waals surface area contributed by atoms with E-state index in [2.05, 4.69) is 32.9 Å². The van der Waals surface area contributed by atoms with Crippen molar-refractivity contribution < 1.29 is 4.79 Å². The van der Waals surface area contributed by atoms with Gasteiger partial charge >= 0.3 is 0 Å². The van der Waals surface area contributed by atoms with Gasteiger partial charge in [-0.3, -0.25) is 9.78 Å². The number of nitrogens with one attached hydrogen (secondary N) is 1. The fraction of sp³-hybridized carbons (Fsp3) is 0.0769. The van der Waals surface area contributed by atoms with E-state index in [9.17, 15) is 4.79 Å². The summed E-state index contributed by atoms with van der Waals surface area (Å²) in [5.41, 5.74) is 2.25. The number of rotatable bonds is 2. The number of hydrogen-bond donors (Lipinski definition) is 1. The third-order valence-electron chi connectivity index (χ3n) is 2.26. The van der Waals surface area contributed by atoms with E-state index in [1.807, 2.05) is 31.2 Å². The first kappa shape index (κ1) is 12.0. The molecule has 0 aliphatic heterocycles. The predicted octanol–water partition coefficient (Wildman–Crippen LogP) is 3.25. The molecule has 1 aromatic carbocycles. The number of aromatic nitrogens is 1. The number of aryl methyl sites for hydroxylation is 1. The van der Waals surface area contributed by atoms with Crippen LogP contribution in [0.3, 0.4) is 0 Å². The van der Waals surface area contributed by atoms with Crippen LogP contribution in [0.5, 0.6) is 0 Å². The molecule has 1 heterocycles. The van der Waals surface area contributed by atoms with Gasteiger partial charge in [0.05, 0.1) is 0 Å². The molecule has 1 aromatic heterocycles. The molecule has 0 aliphatic rings. The number of anilines is 1. The summed E-state index contributed by atoms with van der Waals surface area (Å²) in [4.78, 5) is 16.0. The minimum atomic E-state index is -0.114. The molecule has 17 heavy (non-hydrogen) atoms. The molecule has 4 heteroatoms. The van der Waals surface area contributed by atoms with Crippen molar-refractivity contribution in [1.29, 1.82) is 0 Å². The Morgan fingerprint density at radius 3 is 2.59 bits per heavy atom. The van der Waals surface area contributed by atoms with E-state index >= 15 is 0 Å². The molecule has 2 rings (SSSR count). The maximum absolute atomic E-state index is 11.9. The summed E-state index contributed by atoms with van der Waals surface area (Å²) in [7, 11) is 0. The SMILES string of the molecule is Cc1cc(C(=O)Nc2ccc(I)cc2)ccn1. The van der Waals surface area contributed by atoms with Gasteiger partial charge < -0.3 is 5.32 Å². The van der Waals surface area contributed by atoms with Crippen molar-refractivity contribution in [3.63, 3.8) is 0 Å². The van der Waals surface area contributed by atoms with Crippen LogP contribution in [-0.4, -0.2) is 10.9 Å². The molecule has 0 unspecified atom stereocenters. The number of benzene rings is 1. The van der Waals surface area contributed by atoms with Gasteiger partial charge in [-0.25, -0.2) is 0 Å². The topological polar surface area (TPSA) is 42.0 Å². The Bertz CT molecular complexity index is 537. The lowest BCUT2D eigenvalue weighted by molar-refractivity contribution is 0.102. The standard InChI is InChI=1S/C13H11IN2O/c1-9-8-10(6-7-15-9)13(17)16-12-4-2-11(14)3-5-12/h2-8H,1H3,(H,16,17). The molecule has 0 bridgehead atoms. The predicted molar refractivity (Wildman–Crippen MR) is 76.1 cm³/mol. The highest BCUT2D eigenvalue weighted by molar-refractivity contribution is 14.1. The van der Waals surface area contributed by atoms with Gasteiger partial charge in [0.1, 0.15) is 0 Å². The van der Waals surface area contributed by atoms with Gasteiger partial charge in [0.2, 0.25) is 0 Å². The van der Waals surface area contributed by atoms with E-state index in [1.54, 1.807) is 18.3 Å². The van der Waals surface area contributed by atoms with Crippen molar-refractivity contribution in [2.24, 2.45) is 0 Å². The maximum atomic E-state index is 11.9. The minimum Gasteiger partial charge on any atom is -0.322 e. The Balaban J connectivity index is 2.14. The third-order valence-corrected chi connectivity index (χ3v) is 2.98. The summed E-state index contributed by atoms with van der Waals surface area (Å²) < 4.78 is 1.14. The van der Waals surface area contributed by atoms with Crippen LogP contribution in [0.25, 0.3) is 0 Å². The van der Waals surface area contributed by atoms with E-state index in [4.69, 9.17) is 0 Å². The molecule has 0 saturated heterocycles. The van der Waals surface area contributed by atoms with Gasteiger partial charge in [0, 0.05) is 26.7 Å². The molecule has 0 fully saturated rings. The molecule has 1 amide bonds. The molecular weight excluding hydrogens is 327 g/mol. The van der Waals surface area contributed by atoms with Crippen LogP contribution in [-0.2, 0) is 0 Å². The molecule has 0 aliphatic carbocycles. The summed E-state index contributed by atoms with van der Waals surface area (Å²) >= 11 is 2.23. The zero-order valence-electron chi connectivity index (χ0n) is 9.27. The summed E-state index contributed by atoms with van der Waals surface area (Å²) in [6.45, 7) is 1.86. The zero-order chi connectivity index (χ0) is 12.3. The van der Waals surface area contributed by atoms with Crippen LogP contribution in [0.1, 0.15) is 16.1 Å². The first-order chi connectivity index (χ1) is 8.15. The van der Waals surface area contributed by atoms with Crippen LogP contribution >= 0.6 is 22.6 Å². The van der Waals surface area contributed by atoms with Crippen LogP contribution in [0.4, 0.5) is 5.69 Å². The Kier molecular flexibility index (Phi) is 3.73. The first-order valence-corrected chi connectivity index (χ1v) is 6.22. The van der Waals surface area contributed by atoms with E-state index in [0.29, 0.717) is 5.56 Å². The second kappa shape index (κ2) is 5.27. The summed E-state index contributed by atoms with van der Waals surface area (Å²) in [6.07, 6.45) is 1.64. The van der Waals surface area contributed by atoms with Crippen molar-refractivity contribution in [1.82, 2.24) is 4.98 Å². The minimum absolute atomic E-state index is 0.114. The lowest BCUT2D eigenvalue weighted by Crippen LogP contribution is -2.12. The highest BCUT2D eigenvalue weighted by Gasteiger charge is 2.05. The molecule has 0 atom stereocenters. The second-order valence-electron chi connectivity index (χ2n) is 3.65. The largest absolute Gasteiger partial charge is 0.322 e. The first-order valence-electron chi connectivity index (χ1n) is 5.15. The molecule has 2 aromatic rings. The summed E-state index contributed by atoms with van der Waals surface area (Å²) in [6, 6.07) is 11.1. The van der Waals surface area contributed by atoms with E-state index in [1.165, 1.54) is 0 Å². The van der Waals surface area contributed by atoms with E-state index in [0.717, 1.165) is 15.0 Å². The Morgan fingerprint density at radius 1 is 1.24 bits per heavy atom. The van der Waals surface area contributed by atoms with Crippen molar-refractivity contribution in [3.05, 3.63) is 57.4 Å². The smallest absolute Gasteiger partial charge is 0.255 e. The fourth-order valence-electron chi connectivity index (χ4n) is 1.42. The van der Waals surface area contributed by atoms with Crippen molar-refractivity contribution in [3.8, 4) is 0 Å². The third kappa shape index (κ3) is 3.26. The number of hydrogen-bond acceptors (Lipinski definition) is 2. The highest BCUT2D eigenvalue weighted by Crippen LogP contribution is 2.12. The van der Waals surface area contributed by atoms with Crippen molar-refractivity contribution in [2.45, 2.75) is 6.92 Å². The van der Waals surface area contributed by atoms with E-state index in [-0.39, 0.29) is 5.91 Å². The lowest BCUT2D eigenvalue weighted by atomic mass is 10.2. The molecule has 3 nitrogen and oxygen atoms in total.